The van der Waals surface area contributed by atoms with Gasteiger partial charge in [0.05, 0.1) is 6.04 Å². The van der Waals surface area contributed by atoms with Gasteiger partial charge in [0, 0.05) is 6.42 Å². The van der Waals surface area contributed by atoms with Crippen LogP contribution in [0.4, 0.5) is 0 Å². The first kappa shape index (κ1) is 11.1. The van der Waals surface area contributed by atoms with Crippen LogP contribution in [0.25, 0.3) is 0 Å². The largest absolute Gasteiger partial charge is 0.307 e. The van der Waals surface area contributed by atoms with Crippen LogP contribution >= 0.6 is 0 Å². The summed E-state index contributed by atoms with van der Waals surface area (Å²) in [7, 11) is 0. The number of rotatable bonds is 4. The Kier molecular flexibility index (Phi) is 2.66. The Morgan fingerprint density at radius 1 is 1.53 bits per heavy atom. The van der Waals surface area contributed by atoms with E-state index in [0.717, 1.165) is 25.3 Å². The molecule has 0 aromatic rings. The van der Waals surface area contributed by atoms with Gasteiger partial charge in [0.25, 0.3) is 0 Å². The first-order chi connectivity index (χ1) is 6.98. The lowest BCUT2D eigenvalue weighted by Crippen LogP contribution is -2.38. The summed E-state index contributed by atoms with van der Waals surface area (Å²) >= 11 is 0. The van der Waals surface area contributed by atoms with E-state index in [1.807, 2.05) is 0 Å². The number of fused-ring (bicyclic) bond motifs is 1. The smallest absolute Gasteiger partial charge is 0.150 e. The van der Waals surface area contributed by atoms with E-state index in [0.29, 0.717) is 23.0 Å². The van der Waals surface area contributed by atoms with Crippen LogP contribution in [0, 0.1) is 23.2 Å². The number of nitrogens with one attached hydrogen (secondary N) is 1. The van der Waals surface area contributed by atoms with Crippen molar-refractivity contribution >= 4 is 5.78 Å². The van der Waals surface area contributed by atoms with Gasteiger partial charge >= 0.3 is 0 Å². The van der Waals surface area contributed by atoms with Crippen LogP contribution in [0.2, 0.25) is 0 Å². The molecule has 4 unspecified atom stereocenters. The second-order valence-electron chi connectivity index (χ2n) is 6.02. The van der Waals surface area contributed by atoms with Gasteiger partial charge in [-0.05, 0) is 29.7 Å². The summed E-state index contributed by atoms with van der Waals surface area (Å²) in [6, 6.07) is 0.166. The zero-order valence-corrected chi connectivity index (χ0v) is 10.3. The van der Waals surface area contributed by atoms with Crippen LogP contribution in [-0.4, -0.2) is 18.4 Å². The molecule has 0 aromatic heterocycles. The average molecular weight is 209 g/mol. The number of carbonyl (C=O) groups excluding carboxylic acids is 1. The molecule has 1 heterocycles. The summed E-state index contributed by atoms with van der Waals surface area (Å²) in [5.74, 6) is 2.36. The molecule has 2 fully saturated rings. The van der Waals surface area contributed by atoms with Gasteiger partial charge in [0.1, 0.15) is 5.78 Å². The van der Waals surface area contributed by atoms with Crippen LogP contribution in [0.3, 0.4) is 0 Å². The van der Waals surface area contributed by atoms with Gasteiger partial charge in [-0.3, -0.25) is 4.79 Å². The average Bonchev–Trinajstić information content (AvgIpc) is 2.62. The van der Waals surface area contributed by atoms with Crippen LogP contribution in [0.5, 0.6) is 0 Å². The molecular formula is C13H23NO. The van der Waals surface area contributed by atoms with E-state index in [-0.39, 0.29) is 6.04 Å². The van der Waals surface area contributed by atoms with Crippen molar-refractivity contribution in [2.75, 3.05) is 6.54 Å². The van der Waals surface area contributed by atoms with Gasteiger partial charge in [0.2, 0.25) is 0 Å². The van der Waals surface area contributed by atoms with Crippen LogP contribution in [-0.2, 0) is 4.79 Å². The number of Topliss-reactive ketones (excluding diaryl/α,β-unsaturated/α-hetero) is 1. The zero-order valence-electron chi connectivity index (χ0n) is 10.3. The number of piperidine rings is 1. The molecule has 2 heteroatoms. The lowest BCUT2D eigenvalue weighted by atomic mass is 9.93. The van der Waals surface area contributed by atoms with Crippen molar-refractivity contribution < 1.29 is 4.79 Å². The Balaban J connectivity index is 1.93. The fraction of sp³-hybridized carbons (Fsp3) is 0.923. The lowest BCUT2D eigenvalue weighted by Gasteiger charge is -2.19. The number of hydrogen-bond acceptors (Lipinski definition) is 2. The quantitative estimate of drug-likeness (QED) is 0.769. The molecule has 2 nitrogen and oxygen atoms in total. The summed E-state index contributed by atoms with van der Waals surface area (Å²) in [5.41, 5.74) is 0.418. The predicted molar refractivity (Wildman–Crippen MR) is 61.6 cm³/mol. The summed E-state index contributed by atoms with van der Waals surface area (Å²) < 4.78 is 0. The van der Waals surface area contributed by atoms with Gasteiger partial charge in [-0.15, -0.1) is 0 Å². The molecule has 2 aliphatic rings. The van der Waals surface area contributed by atoms with E-state index in [1.54, 1.807) is 0 Å². The van der Waals surface area contributed by atoms with Crippen LogP contribution < -0.4 is 5.32 Å². The third-order valence-corrected chi connectivity index (χ3v) is 4.65. The van der Waals surface area contributed by atoms with Gasteiger partial charge in [0.15, 0.2) is 0 Å². The SMILES string of the molecule is CCC(C)CC(=O)C1NCC2C1C2(C)C. The topological polar surface area (TPSA) is 29.1 Å². The highest BCUT2D eigenvalue weighted by atomic mass is 16.1. The van der Waals surface area contributed by atoms with Gasteiger partial charge in [-0.1, -0.05) is 34.1 Å². The molecule has 4 atom stereocenters. The molecule has 0 aromatic carbocycles. The summed E-state index contributed by atoms with van der Waals surface area (Å²) in [5, 5.41) is 3.39. The summed E-state index contributed by atoms with van der Waals surface area (Å²) in [6.45, 7) is 9.97. The van der Waals surface area contributed by atoms with E-state index < -0.39 is 0 Å². The molecular weight excluding hydrogens is 186 g/mol. The maximum atomic E-state index is 12.1. The van der Waals surface area contributed by atoms with Crippen LogP contribution in [0.15, 0.2) is 0 Å². The second-order valence-corrected chi connectivity index (χ2v) is 6.02. The molecule has 1 aliphatic heterocycles. The van der Waals surface area contributed by atoms with Gasteiger partial charge < -0.3 is 5.32 Å². The van der Waals surface area contributed by atoms with Crippen molar-refractivity contribution in [3.63, 3.8) is 0 Å². The van der Waals surface area contributed by atoms with E-state index in [1.165, 1.54) is 0 Å². The molecule has 1 saturated carbocycles. The number of carbonyl (C=O) groups is 1. The highest BCUT2D eigenvalue weighted by Gasteiger charge is 2.65. The molecule has 15 heavy (non-hydrogen) atoms. The minimum atomic E-state index is 0.166. The van der Waals surface area contributed by atoms with Crippen molar-refractivity contribution in [3.8, 4) is 0 Å². The fourth-order valence-corrected chi connectivity index (χ4v) is 3.15. The molecule has 1 aliphatic carbocycles. The first-order valence-electron chi connectivity index (χ1n) is 6.24. The van der Waals surface area contributed by atoms with Crippen molar-refractivity contribution in [1.82, 2.24) is 5.32 Å². The Morgan fingerprint density at radius 3 is 2.67 bits per heavy atom. The first-order valence-corrected chi connectivity index (χ1v) is 6.24. The highest BCUT2D eigenvalue weighted by Crippen LogP contribution is 2.62. The molecule has 2 rings (SSSR count). The van der Waals surface area contributed by atoms with Crippen LogP contribution in [0.1, 0.15) is 40.5 Å². The number of ketones is 1. The Bertz CT molecular complexity index is 272. The Morgan fingerprint density at radius 2 is 2.20 bits per heavy atom. The Hall–Kier alpha value is -0.370. The minimum absolute atomic E-state index is 0.166. The molecule has 0 amide bonds. The second kappa shape index (κ2) is 3.58. The molecule has 1 saturated heterocycles. The van der Waals surface area contributed by atoms with Gasteiger partial charge in [-0.25, -0.2) is 0 Å². The fourth-order valence-electron chi connectivity index (χ4n) is 3.15. The minimum Gasteiger partial charge on any atom is -0.307 e. The Labute approximate surface area is 92.8 Å². The maximum absolute atomic E-state index is 12.1. The third kappa shape index (κ3) is 1.73. The lowest BCUT2D eigenvalue weighted by molar-refractivity contribution is -0.122. The van der Waals surface area contributed by atoms with E-state index >= 15 is 0 Å². The monoisotopic (exact) mass is 209 g/mol. The van der Waals surface area contributed by atoms with Crippen molar-refractivity contribution in [1.29, 1.82) is 0 Å². The standard InChI is InChI=1S/C13H23NO/c1-5-8(2)6-10(15)12-11-9(7-14-12)13(11,3)4/h8-9,11-12,14H,5-7H2,1-4H3. The maximum Gasteiger partial charge on any atom is 0.150 e. The molecule has 1 N–H and O–H groups in total. The number of hydrogen-bond donors (Lipinski definition) is 1. The van der Waals surface area contributed by atoms with Crippen molar-refractivity contribution in [2.24, 2.45) is 23.2 Å². The van der Waals surface area contributed by atoms with E-state index in [9.17, 15) is 4.79 Å². The van der Waals surface area contributed by atoms with E-state index in [4.69, 9.17) is 0 Å². The normalized spacial score (nSPS) is 38.5. The highest BCUT2D eigenvalue weighted by molar-refractivity contribution is 5.85. The van der Waals surface area contributed by atoms with Crippen molar-refractivity contribution in [2.45, 2.75) is 46.6 Å². The molecule has 0 radical (unpaired) electrons. The summed E-state index contributed by atoms with van der Waals surface area (Å²) in [6.07, 6.45) is 1.86. The predicted octanol–water partition coefficient (Wildman–Crippen LogP) is 2.24. The zero-order chi connectivity index (χ0) is 11.2. The molecule has 0 bridgehead atoms. The van der Waals surface area contributed by atoms with Gasteiger partial charge in [-0.2, -0.15) is 0 Å². The van der Waals surface area contributed by atoms with E-state index in [2.05, 4.69) is 33.0 Å². The van der Waals surface area contributed by atoms with Crippen molar-refractivity contribution in [3.05, 3.63) is 0 Å². The molecule has 0 spiro atoms. The summed E-state index contributed by atoms with van der Waals surface area (Å²) in [4.78, 5) is 12.1. The molecule has 86 valence electrons. The third-order valence-electron chi connectivity index (χ3n) is 4.65.